The molecule has 0 fully saturated rings. The van der Waals surface area contributed by atoms with Crippen LogP contribution in [0.1, 0.15) is 28.4 Å². The molecule has 0 unspecified atom stereocenters. The van der Waals surface area contributed by atoms with Crippen molar-refractivity contribution in [1.29, 1.82) is 0 Å². The van der Waals surface area contributed by atoms with Crippen molar-refractivity contribution in [2.45, 2.75) is 20.0 Å². The SMILES string of the molecule is CCc1ccccc1OCc1ccc(C(=O)OC)c(F)c1. The number of benzene rings is 2. The van der Waals surface area contributed by atoms with Crippen LogP contribution in [0.25, 0.3) is 0 Å². The molecule has 0 heterocycles. The van der Waals surface area contributed by atoms with Crippen molar-refractivity contribution in [2.24, 2.45) is 0 Å². The van der Waals surface area contributed by atoms with Crippen LogP contribution in [-0.2, 0) is 17.8 Å². The van der Waals surface area contributed by atoms with Crippen LogP contribution < -0.4 is 4.74 Å². The first kappa shape index (κ1) is 15.0. The first-order valence-corrected chi connectivity index (χ1v) is 6.73. The number of carbonyl (C=O) groups excluding carboxylic acids is 1. The number of carbonyl (C=O) groups is 1. The topological polar surface area (TPSA) is 35.5 Å². The summed E-state index contributed by atoms with van der Waals surface area (Å²) >= 11 is 0. The molecule has 0 saturated heterocycles. The van der Waals surface area contributed by atoms with Crippen molar-refractivity contribution < 1.29 is 18.7 Å². The lowest BCUT2D eigenvalue weighted by Crippen LogP contribution is -2.06. The Hall–Kier alpha value is -2.36. The van der Waals surface area contributed by atoms with Gasteiger partial charge >= 0.3 is 5.97 Å². The van der Waals surface area contributed by atoms with E-state index in [2.05, 4.69) is 4.74 Å². The summed E-state index contributed by atoms with van der Waals surface area (Å²) in [5.41, 5.74) is 1.69. The zero-order valence-corrected chi connectivity index (χ0v) is 12.1. The summed E-state index contributed by atoms with van der Waals surface area (Å²) in [5.74, 6) is -0.500. The Morgan fingerprint density at radius 2 is 1.95 bits per heavy atom. The largest absolute Gasteiger partial charge is 0.489 e. The highest BCUT2D eigenvalue weighted by atomic mass is 19.1. The Kier molecular flexibility index (Phi) is 4.93. The maximum absolute atomic E-state index is 13.8. The highest BCUT2D eigenvalue weighted by molar-refractivity contribution is 5.89. The highest BCUT2D eigenvalue weighted by Crippen LogP contribution is 2.20. The van der Waals surface area contributed by atoms with Crippen molar-refractivity contribution >= 4 is 5.97 Å². The van der Waals surface area contributed by atoms with Crippen molar-refractivity contribution in [3.8, 4) is 5.75 Å². The highest BCUT2D eigenvalue weighted by Gasteiger charge is 2.12. The maximum Gasteiger partial charge on any atom is 0.340 e. The Labute approximate surface area is 123 Å². The minimum atomic E-state index is -0.684. The fourth-order valence-corrected chi connectivity index (χ4v) is 2.02. The smallest absolute Gasteiger partial charge is 0.340 e. The number of esters is 1. The first-order chi connectivity index (χ1) is 10.2. The molecule has 0 aliphatic rings. The van der Waals surface area contributed by atoms with E-state index in [9.17, 15) is 9.18 Å². The van der Waals surface area contributed by atoms with E-state index in [4.69, 9.17) is 4.74 Å². The number of hydrogen-bond acceptors (Lipinski definition) is 3. The Balaban J connectivity index is 2.10. The second-order valence-electron chi connectivity index (χ2n) is 4.56. The van der Waals surface area contributed by atoms with Gasteiger partial charge in [-0.05, 0) is 35.7 Å². The van der Waals surface area contributed by atoms with Crippen LogP contribution in [0.2, 0.25) is 0 Å². The summed E-state index contributed by atoms with van der Waals surface area (Å²) < 4.78 is 24.0. The molecule has 21 heavy (non-hydrogen) atoms. The van der Waals surface area contributed by atoms with Gasteiger partial charge in [-0.2, -0.15) is 0 Å². The van der Waals surface area contributed by atoms with Crippen molar-refractivity contribution in [3.05, 3.63) is 65.0 Å². The molecule has 0 aliphatic heterocycles. The van der Waals surface area contributed by atoms with E-state index in [0.29, 0.717) is 5.56 Å². The third-order valence-electron chi connectivity index (χ3n) is 3.19. The predicted molar refractivity (Wildman–Crippen MR) is 77.9 cm³/mol. The van der Waals surface area contributed by atoms with Gasteiger partial charge < -0.3 is 9.47 Å². The third-order valence-corrected chi connectivity index (χ3v) is 3.19. The fraction of sp³-hybridized carbons (Fsp3) is 0.235. The molecular weight excluding hydrogens is 271 g/mol. The van der Waals surface area contributed by atoms with Crippen LogP contribution in [0.3, 0.4) is 0 Å². The Morgan fingerprint density at radius 3 is 2.62 bits per heavy atom. The van der Waals surface area contributed by atoms with Crippen LogP contribution in [0.4, 0.5) is 4.39 Å². The predicted octanol–water partition coefficient (Wildman–Crippen LogP) is 3.75. The normalized spacial score (nSPS) is 10.2. The summed E-state index contributed by atoms with van der Waals surface area (Å²) in [6.45, 7) is 2.29. The summed E-state index contributed by atoms with van der Waals surface area (Å²) in [5, 5.41) is 0. The number of rotatable bonds is 5. The van der Waals surface area contributed by atoms with Gasteiger partial charge in [0.1, 0.15) is 18.2 Å². The van der Waals surface area contributed by atoms with Crippen molar-refractivity contribution in [2.75, 3.05) is 7.11 Å². The molecule has 0 radical (unpaired) electrons. The molecule has 0 saturated carbocycles. The number of para-hydroxylation sites is 1. The number of halogens is 1. The summed E-state index contributed by atoms with van der Waals surface area (Å²) in [4.78, 5) is 11.3. The summed E-state index contributed by atoms with van der Waals surface area (Å²) in [6.07, 6.45) is 0.867. The number of methoxy groups -OCH3 is 1. The van der Waals surface area contributed by atoms with Crippen LogP contribution >= 0.6 is 0 Å². The van der Waals surface area contributed by atoms with E-state index >= 15 is 0 Å². The molecule has 4 heteroatoms. The minimum Gasteiger partial charge on any atom is -0.489 e. The molecule has 0 aromatic heterocycles. The first-order valence-electron chi connectivity index (χ1n) is 6.73. The van der Waals surface area contributed by atoms with Gasteiger partial charge in [0.25, 0.3) is 0 Å². The standard InChI is InChI=1S/C17H17FO3/c1-3-13-6-4-5-7-16(13)21-11-12-8-9-14(15(18)10-12)17(19)20-2/h4-10H,3,11H2,1-2H3. The third kappa shape index (κ3) is 3.60. The van der Waals surface area contributed by atoms with E-state index < -0.39 is 11.8 Å². The minimum absolute atomic E-state index is 0.0739. The van der Waals surface area contributed by atoms with Gasteiger partial charge in [-0.15, -0.1) is 0 Å². The molecule has 2 rings (SSSR count). The van der Waals surface area contributed by atoms with E-state index in [1.807, 2.05) is 31.2 Å². The van der Waals surface area contributed by atoms with Gasteiger partial charge in [-0.25, -0.2) is 9.18 Å². The zero-order valence-electron chi connectivity index (χ0n) is 12.1. The fourth-order valence-electron chi connectivity index (χ4n) is 2.02. The average molecular weight is 288 g/mol. The molecule has 0 amide bonds. The summed E-state index contributed by atoms with van der Waals surface area (Å²) in [7, 11) is 1.22. The van der Waals surface area contributed by atoms with Crippen LogP contribution in [0, 0.1) is 5.82 Å². The van der Waals surface area contributed by atoms with Gasteiger partial charge in [0.2, 0.25) is 0 Å². The maximum atomic E-state index is 13.8. The van der Waals surface area contributed by atoms with Crippen LogP contribution in [0.5, 0.6) is 5.75 Å². The molecule has 0 atom stereocenters. The van der Waals surface area contributed by atoms with Gasteiger partial charge in [0.15, 0.2) is 0 Å². The lowest BCUT2D eigenvalue weighted by atomic mass is 10.1. The molecular formula is C17H17FO3. The molecule has 0 bridgehead atoms. The number of hydrogen-bond donors (Lipinski definition) is 0. The number of aryl methyl sites for hydroxylation is 1. The van der Waals surface area contributed by atoms with Gasteiger partial charge in [-0.1, -0.05) is 31.2 Å². The average Bonchev–Trinajstić information content (AvgIpc) is 2.52. The molecule has 2 aromatic rings. The lowest BCUT2D eigenvalue weighted by Gasteiger charge is -2.11. The molecule has 110 valence electrons. The monoisotopic (exact) mass is 288 g/mol. The second kappa shape index (κ2) is 6.88. The second-order valence-corrected chi connectivity index (χ2v) is 4.56. The van der Waals surface area contributed by atoms with Gasteiger partial charge in [0, 0.05) is 0 Å². The quantitative estimate of drug-likeness (QED) is 0.786. The van der Waals surface area contributed by atoms with Crippen LogP contribution in [0.15, 0.2) is 42.5 Å². The van der Waals surface area contributed by atoms with E-state index in [-0.39, 0.29) is 12.2 Å². The number of ether oxygens (including phenoxy) is 2. The van der Waals surface area contributed by atoms with Gasteiger partial charge in [0.05, 0.1) is 12.7 Å². The van der Waals surface area contributed by atoms with Crippen molar-refractivity contribution in [1.82, 2.24) is 0 Å². The lowest BCUT2D eigenvalue weighted by molar-refractivity contribution is 0.0595. The molecule has 2 aromatic carbocycles. The zero-order chi connectivity index (χ0) is 15.2. The van der Waals surface area contributed by atoms with E-state index in [1.54, 1.807) is 6.07 Å². The van der Waals surface area contributed by atoms with E-state index in [1.165, 1.54) is 19.2 Å². The molecule has 0 aliphatic carbocycles. The molecule has 0 N–H and O–H groups in total. The van der Waals surface area contributed by atoms with Crippen molar-refractivity contribution in [3.63, 3.8) is 0 Å². The van der Waals surface area contributed by atoms with Gasteiger partial charge in [-0.3, -0.25) is 0 Å². The van der Waals surface area contributed by atoms with Crippen LogP contribution in [-0.4, -0.2) is 13.1 Å². The van der Waals surface area contributed by atoms with E-state index in [0.717, 1.165) is 17.7 Å². The Morgan fingerprint density at radius 1 is 1.19 bits per heavy atom. The molecule has 0 spiro atoms. The molecule has 3 nitrogen and oxygen atoms in total. The Bertz CT molecular complexity index is 638. The summed E-state index contributed by atoms with van der Waals surface area (Å²) in [6, 6.07) is 12.1.